The van der Waals surface area contributed by atoms with Crippen molar-refractivity contribution in [2.75, 3.05) is 4.90 Å². The number of para-hydroxylation sites is 2. The first-order chi connectivity index (χ1) is 28.2. The molecular formula is C54H34N2O. The molecule has 266 valence electrons. The molecule has 0 saturated carbocycles. The first-order valence-corrected chi connectivity index (χ1v) is 19.5. The normalized spacial score (nSPS) is 11.9. The van der Waals surface area contributed by atoms with Crippen molar-refractivity contribution in [2.45, 2.75) is 0 Å². The largest absolute Gasteiger partial charge is 0.456 e. The van der Waals surface area contributed by atoms with Gasteiger partial charge in [-0.15, -0.1) is 0 Å². The van der Waals surface area contributed by atoms with E-state index in [9.17, 15) is 0 Å². The molecule has 0 unspecified atom stereocenters. The van der Waals surface area contributed by atoms with Gasteiger partial charge in [0.15, 0.2) is 0 Å². The van der Waals surface area contributed by atoms with E-state index < -0.39 is 0 Å². The monoisotopic (exact) mass is 726 g/mol. The second kappa shape index (κ2) is 12.5. The smallest absolute Gasteiger partial charge is 0.135 e. The lowest BCUT2D eigenvalue weighted by Gasteiger charge is -2.26. The Bertz CT molecular complexity index is 3520. The summed E-state index contributed by atoms with van der Waals surface area (Å²) in [6.45, 7) is 0. The lowest BCUT2D eigenvalue weighted by molar-refractivity contribution is 0.669. The zero-order valence-electron chi connectivity index (χ0n) is 30.9. The summed E-state index contributed by atoms with van der Waals surface area (Å²) in [7, 11) is 0. The van der Waals surface area contributed by atoms with E-state index in [1.54, 1.807) is 0 Å². The van der Waals surface area contributed by atoms with E-state index in [0.717, 1.165) is 50.3 Å². The van der Waals surface area contributed by atoms with E-state index in [-0.39, 0.29) is 0 Å². The van der Waals surface area contributed by atoms with Crippen LogP contribution in [0.5, 0.6) is 0 Å². The summed E-state index contributed by atoms with van der Waals surface area (Å²) < 4.78 is 8.68. The molecule has 0 aliphatic heterocycles. The number of nitrogens with zero attached hydrogens (tertiary/aromatic N) is 2. The highest BCUT2D eigenvalue weighted by atomic mass is 16.3. The van der Waals surface area contributed by atoms with E-state index in [4.69, 9.17) is 4.42 Å². The Hall–Kier alpha value is -7.62. The number of hydrogen-bond acceptors (Lipinski definition) is 2. The van der Waals surface area contributed by atoms with E-state index in [0.29, 0.717) is 0 Å². The summed E-state index contributed by atoms with van der Waals surface area (Å²) in [5, 5.41) is 12.2. The highest BCUT2D eigenvalue weighted by Gasteiger charge is 2.19. The third-order valence-electron chi connectivity index (χ3n) is 11.7. The van der Waals surface area contributed by atoms with Crippen LogP contribution in [0.2, 0.25) is 0 Å². The summed E-state index contributed by atoms with van der Waals surface area (Å²) in [5.74, 6) is 0. The van der Waals surface area contributed by atoms with Crippen LogP contribution in [-0.4, -0.2) is 4.57 Å². The zero-order valence-corrected chi connectivity index (χ0v) is 30.9. The fourth-order valence-electron chi connectivity index (χ4n) is 9.05. The van der Waals surface area contributed by atoms with Crippen molar-refractivity contribution < 1.29 is 4.42 Å². The van der Waals surface area contributed by atoms with Crippen LogP contribution >= 0.6 is 0 Å². The van der Waals surface area contributed by atoms with E-state index >= 15 is 0 Å². The standard InChI is InChI=1S/C54H34N2O/c1-2-12-40(13-3-1)56-51-33-38(23-28-47(51)49-29-22-37-11-5-7-15-46(37)54(49)56)35-20-24-41(25-21-35)55(43-27-31-53-50(34-43)48-16-8-9-17-52(48)57-53)42-26-30-45-39(32-42)19-18-36-10-4-6-14-44(36)45/h1-34H. The van der Waals surface area contributed by atoms with Gasteiger partial charge in [-0.05, 0) is 105 Å². The van der Waals surface area contributed by atoms with Crippen molar-refractivity contribution in [3.63, 3.8) is 0 Å². The maximum Gasteiger partial charge on any atom is 0.135 e. The van der Waals surface area contributed by atoms with Gasteiger partial charge in [-0.1, -0.05) is 140 Å². The third kappa shape index (κ3) is 4.99. The number of hydrogen-bond donors (Lipinski definition) is 0. The van der Waals surface area contributed by atoms with Gasteiger partial charge in [-0.3, -0.25) is 0 Å². The molecule has 2 aromatic heterocycles. The highest BCUT2D eigenvalue weighted by molar-refractivity contribution is 6.19. The SMILES string of the molecule is c1ccc(-n2c3cc(-c4ccc(N(c5ccc6c(ccc7ccccc76)c5)c5ccc6oc7ccccc7c6c5)cc4)ccc3c3ccc4ccccc4c32)cc1. The van der Waals surface area contributed by atoms with E-state index in [1.807, 2.05) is 12.1 Å². The number of furan rings is 1. The van der Waals surface area contributed by atoms with Crippen LogP contribution in [0.1, 0.15) is 0 Å². The third-order valence-corrected chi connectivity index (χ3v) is 11.7. The number of anilines is 3. The molecule has 0 aliphatic carbocycles. The van der Waals surface area contributed by atoms with Gasteiger partial charge in [-0.2, -0.15) is 0 Å². The topological polar surface area (TPSA) is 21.3 Å². The second-order valence-corrected chi connectivity index (χ2v) is 14.9. The number of benzene rings is 10. The molecule has 12 aromatic rings. The molecule has 12 rings (SSSR count). The van der Waals surface area contributed by atoms with Crippen LogP contribution in [0.15, 0.2) is 211 Å². The highest BCUT2D eigenvalue weighted by Crippen LogP contribution is 2.42. The fourth-order valence-corrected chi connectivity index (χ4v) is 9.05. The fraction of sp³-hybridized carbons (Fsp3) is 0. The molecule has 2 heterocycles. The molecule has 0 amide bonds. The van der Waals surface area contributed by atoms with Crippen molar-refractivity contribution in [1.82, 2.24) is 4.57 Å². The predicted octanol–water partition coefficient (Wildman–Crippen LogP) is 15.3. The predicted molar refractivity (Wildman–Crippen MR) is 241 cm³/mol. The zero-order chi connectivity index (χ0) is 37.5. The molecular weight excluding hydrogens is 693 g/mol. The Labute approximate surface area is 328 Å². The maximum atomic E-state index is 6.25. The maximum absolute atomic E-state index is 6.25. The summed E-state index contributed by atoms with van der Waals surface area (Å²) in [5.41, 5.74) is 11.0. The van der Waals surface area contributed by atoms with Crippen LogP contribution in [0.3, 0.4) is 0 Å². The first kappa shape index (κ1) is 31.7. The van der Waals surface area contributed by atoms with Crippen molar-refractivity contribution in [3.8, 4) is 16.8 Å². The summed E-state index contributed by atoms with van der Waals surface area (Å²) in [6, 6.07) is 74.6. The lowest BCUT2D eigenvalue weighted by atomic mass is 10.0. The molecule has 0 bridgehead atoms. The van der Waals surface area contributed by atoms with Gasteiger partial charge in [0.1, 0.15) is 11.2 Å². The molecule has 0 aliphatic rings. The van der Waals surface area contributed by atoms with Gasteiger partial charge in [0.25, 0.3) is 0 Å². The van der Waals surface area contributed by atoms with Gasteiger partial charge in [-0.25, -0.2) is 0 Å². The average molecular weight is 727 g/mol. The summed E-state index contributed by atoms with van der Waals surface area (Å²) >= 11 is 0. The molecule has 0 spiro atoms. The Balaban J connectivity index is 1.02. The van der Waals surface area contributed by atoms with Crippen LogP contribution in [-0.2, 0) is 0 Å². The van der Waals surface area contributed by atoms with Crippen LogP contribution in [0.25, 0.3) is 92.9 Å². The van der Waals surface area contributed by atoms with E-state index in [1.165, 1.54) is 59.7 Å². The summed E-state index contributed by atoms with van der Waals surface area (Å²) in [6.07, 6.45) is 0. The van der Waals surface area contributed by atoms with Crippen molar-refractivity contribution in [3.05, 3.63) is 206 Å². The van der Waals surface area contributed by atoms with Crippen molar-refractivity contribution in [1.29, 1.82) is 0 Å². The molecule has 0 fully saturated rings. The molecule has 3 nitrogen and oxygen atoms in total. The Morgan fingerprint density at radius 2 is 0.912 bits per heavy atom. The molecule has 0 radical (unpaired) electrons. The van der Waals surface area contributed by atoms with E-state index in [2.05, 4.69) is 204 Å². The summed E-state index contributed by atoms with van der Waals surface area (Å²) in [4.78, 5) is 2.36. The van der Waals surface area contributed by atoms with Gasteiger partial charge >= 0.3 is 0 Å². The number of aromatic nitrogens is 1. The van der Waals surface area contributed by atoms with Gasteiger partial charge in [0.05, 0.1) is 11.0 Å². The second-order valence-electron chi connectivity index (χ2n) is 14.9. The van der Waals surface area contributed by atoms with Crippen LogP contribution in [0, 0.1) is 0 Å². The van der Waals surface area contributed by atoms with Crippen molar-refractivity contribution >= 4 is 93.1 Å². The molecule has 10 aromatic carbocycles. The first-order valence-electron chi connectivity index (χ1n) is 19.5. The van der Waals surface area contributed by atoms with Gasteiger partial charge in [0, 0.05) is 49.7 Å². The molecule has 3 heteroatoms. The Morgan fingerprint density at radius 3 is 1.77 bits per heavy atom. The Morgan fingerprint density at radius 1 is 0.333 bits per heavy atom. The van der Waals surface area contributed by atoms with Crippen LogP contribution < -0.4 is 4.90 Å². The van der Waals surface area contributed by atoms with Crippen LogP contribution in [0.4, 0.5) is 17.1 Å². The minimum Gasteiger partial charge on any atom is -0.456 e. The number of rotatable bonds is 5. The van der Waals surface area contributed by atoms with Gasteiger partial charge in [0.2, 0.25) is 0 Å². The molecule has 0 atom stereocenters. The lowest BCUT2D eigenvalue weighted by Crippen LogP contribution is -2.09. The van der Waals surface area contributed by atoms with Gasteiger partial charge < -0.3 is 13.9 Å². The van der Waals surface area contributed by atoms with Crippen molar-refractivity contribution in [2.24, 2.45) is 0 Å². The molecule has 57 heavy (non-hydrogen) atoms. The average Bonchev–Trinajstić information content (AvgIpc) is 3.82. The Kier molecular flexibility index (Phi) is 6.93. The molecule has 0 saturated heterocycles. The minimum absolute atomic E-state index is 0.886. The number of fused-ring (bicyclic) bond motifs is 11. The molecule has 0 N–H and O–H groups in total. The minimum atomic E-state index is 0.886. The quantitative estimate of drug-likeness (QED) is 0.165.